The van der Waals surface area contributed by atoms with E-state index in [1.807, 2.05) is 6.08 Å². The SMILES string of the molecule is C=C1C(=CC=C2CCC[C@]3(C)C(CC)=CC[C@@H]23)C[C@](O)(OCC=CC(C)(C)O)C[C@@H]1O. The molecule has 0 saturated heterocycles. The van der Waals surface area contributed by atoms with E-state index in [9.17, 15) is 15.3 Å². The summed E-state index contributed by atoms with van der Waals surface area (Å²) in [5.41, 5.74) is 3.91. The second kappa shape index (κ2) is 9.19. The summed E-state index contributed by atoms with van der Waals surface area (Å²) in [5, 5.41) is 31.2. The fourth-order valence-corrected chi connectivity index (χ4v) is 5.60. The van der Waals surface area contributed by atoms with Gasteiger partial charge in [-0.1, -0.05) is 62.0 Å². The molecule has 3 rings (SSSR count). The van der Waals surface area contributed by atoms with E-state index < -0.39 is 17.5 Å². The highest BCUT2D eigenvalue weighted by atomic mass is 16.6. The van der Waals surface area contributed by atoms with Crippen LogP contribution in [0.2, 0.25) is 0 Å². The van der Waals surface area contributed by atoms with Crippen LogP contribution in [-0.2, 0) is 4.74 Å². The van der Waals surface area contributed by atoms with Crippen LogP contribution in [0.3, 0.4) is 0 Å². The topological polar surface area (TPSA) is 69.9 Å². The van der Waals surface area contributed by atoms with E-state index in [2.05, 4.69) is 32.6 Å². The summed E-state index contributed by atoms with van der Waals surface area (Å²) in [6.45, 7) is 12.3. The lowest BCUT2D eigenvalue weighted by Gasteiger charge is -2.41. The van der Waals surface area contributed by atoms with Gasteiger partial charge in [-0.05, 0) is 68.4 Å². The molecule has 3 aliphatic rings. The lowest BCUT2D eigenvalue weighted by atomic mass is 9.64. The van der Waals surface area contributed by atoms with Crippen LogP contribution in [0.25, 0.3) is 0 Å². The van der Waals surface area contributed by atoms with Crippen molar-refractivity contribution in [2.24, 2.45) is 11.3 Å². The fourth-order valence-electron chi connectivity index (χ4n) is 5.60. The Kier molecular flexibility index (Phi) is 7.17. The van der Waals surface area contributed by atoms with E-state index >= 15 is 0 Å². The van der Waals surface area contributed by atoms with Crippen molar-refractivity contribution in [3.8, 4) is 0 Å². The molecule has 4 nitrogen and oxygen atoms in total. The standard InChI is InChI=1S/C27H40O4/c1-6-22-12-13-23-20(9-7-15-26(22,23)5)10-11-21-17-27(30,18-24(28)19(21)2)31-16-8-14-25(3,4)29/h8,10-12,14,23-24,28-30H,2,6-7,9,13,15-18H2,1,3-5H3/t23-,24-,26+,27-/m0/s1. The molecule has 0 aromatic rings. The Hall–Kier alpha value is -1.46. The second-order valence-electron chi connectivity index (χ2n) is 10.3. The maximum atomic E-state index is 11.0. The molecule has 3 aliphatic carbocycles. The first-order valence-corrected chi connectivity index (χ1v) is 11.7. The fraction of sp³-hybridized carbons (Fsp3) is 0.630. The van der Waals surface area contributed by atoms with Crippen molar-refractivity contribution in [3.05, 3.63) is 59.3 Å². The number of hydrogen-bond donors (Lipinski definition) is 3. The molecule has 2 fully saturated rings. The Morgan fingerprint density at radius 3 is 2.74 bits per heavy atom. The highest BCUT2D eigenvalue weighted by Gasteiger charge is 2.44. The summed E-state index contributed by atoms with van der Waals surface area (Å²) in [4.78, 5) is 0. The first-order valence-electron chi connectivity index (χ1n) is 11.7. The molecule has 2 saturated carbocycles. The van der Waals surface area contributed by atoms with Crippen molar-refractivity contribution in [1.29, 1.82) is 0 Å². The lowest BCUT2D eigenvalue weighted by molar-refractivity contribution is -0.213. The van der Waals surface area contributed by atoms with Crippen LogP contribution in [0, 0.1) is 11.3 Å². The van der Waals surface area contributed by atoms with Crippen LogP contribution in [0.5, 0.6) is 0 Å². The van der Waals surface area contributed by atoms with Gasteiger partial charge in [0.2, 0.25) is 0 Å². The predicted molar refractivity (Wildman–Crippen MR) is 125 cm³/mol. The molecule has 0 amide bonds. The predicted octanol–water partition coefficient (Wildman–Crippen LogP) is 5.13. The van der Waals surface area contributed by atoms with Gasteiger partial charge in [0, 0.05) is 12.8 Å². The van der Waals surface area contributed by atoms with Crippen LogP contribution in [-0.4, -0.2) is 39.4 Å². The molecule has 0 heterocycles. The quantitative estimate of drug-likeness (QED) is 0.405. The number of rotatable bonds is 6. The second-order valence-corrected chi connectivity index (χ2v) is 10.3. The number of allylic oxidation sites excluding steroid dienone is 5. The van der Waals surface area contributed by atoms with E-state index in [1.54, 1.807) is 31.6 Å². The third-order valence-electron chi connectivity index (χ3n) is 7.36. The first kappa shape index (κ1) is 24.2. The van der Waals surface area contributed by atoms with E-state index in [1.165, 1.54) is 18.4 Å². The minimum absolute atomic E-state index is 0.0978. The van der Waals surface area contributed by atoms with Crippen molar-refractivity contribution >= 4 is 0 Å². The molecule has 0 aliphatic heterocycles. The Morgan fingerprint density at radius 1 is 1.32 bits per heavy atom. The summed E-state index contributed by atoms with van der Waals surface area (Å²) in [6.07, 6.45) is 15.4. The van der Waals surface area contributed by atoms with Gasteiger partial charge < -0.3 is 20.1 Å². The number of ether oxygens (including phenoxy) is 1. The Bertz CT molecular complexity index is 810. The van der Waals surface area contributed by atoms with Crippen molar-refractivity contribution in [3.63, 3.8) is 0 Å². The zero-order valence-electron chi connectivity index (χ0n) is 19.7. The molecule has 0 unspecified atom stereocenters. The van der Waals surface area contributed by atoms with Crippen LogP contribution >= 0.6 is 0 Å². The van der Waals surface area contributed by atoms with Crippen molar-refractivity contribution in [2.45, 2.75) is 90.1 Å². The van der Waals surface area contributed by atoms with E-state index in [0.717, 1.165) is 24.8 Å². The molecule has 172 valence electrons. The maximum Gasteiger partial charge on any atom is 0.172 e. The van der Waals surface area contributed by atoms with Gasteiger partial charge in [-0.2, -0.15) is 0 Å². The van der Waals surface area contributed by atoms with Gasteiger partial charge in [-0.15, -0.1) is 0 Å². The largest absolute Gasteiger partial charge is 0.388 e. The summed E-state index contributed by atoms with van der Waals surface area (Å²) < 4.78 is 5.71. The smallest absolute Gasteiger partial charge is 0.172 e. The summed E-state index contributed by atoms with van der Waals surface area (Å²) >= 11 is 0. The monoisotopic (exact) mass is 428 g/mol. The molecule has 0 bridgehead atoms. The van der Waals surface area contributed by atoms with Crippen molar-refractivity contribution in [2.75, 3.05) is 6.61 Å². The van der Waals surface area contributed by atoms with E-state index in [0.29, 0.717) is 17.9 Å². The van der Waals surface area contributed by atoms with Gasteiger partial charge in [-0.25, -0.2) is 0 Å². The Morgan fingerprint density at radius 2 is 2.06 bits per heavy atom. The van der Waals surface area contributed by atoms with Gasteiger partial charge >= 0.3 is 0 Å². The van der Waals surface area contributed by atoms with Crippen LogP contribution in [0.4, 0.5) is 0 Å². The summed E-state index contributed by atoms with van der Waals surface area (Å²) in [7, 11) is 0. The van der Waals surface area contributed by atoms with Crippen molar-refractivity contribution in [1.82, 2.24) is 0 Å². The minimum atomic E-state index is -1.44. The molecule has 4 atom stereocenters. The highest BCUT2D eigenvalue weighted by molar-refractivity contribution is 5.40. The normalized spacial score (nSPS) is 37.0. The zero-order chi connectivity index (χ0) is 22.9. The van der Waals surface area contributed by atoms with Crippen LogP contribution in [0.1, 0.15) is 72.6 Å². The number of hydrogen-bond acceptors (Lipinski definition) is 4. The molecular weight excluding hydrogens is 388 g/mol. The zero-order valence-corrected chi connectivity index (χ0v) is 19.7. The molecule has 31 heavy (non-hydrogen) atoms. The number of fused-ring (bicyclic) bond motifs is 1. The van der Waals surface area contributed by atoms with E-state index in [-0.39, 0.29) is 18.4 Å². The van der Waals surface area contributed by atoms with Gasteiger partial charge in [0.05, 0.1) is 18.3 Å². The maximum absolute atomic E-state index is 11.0. The molecule has 3 N–H and O–H groups in total. The van der Waals surface area contributed by atoms with E-state index in [4.69, 9.17) is 4.74 Å². The molecule has 0 aromatic carbocycles. The van der Waals surface area contributed by atoms with Gasteiger partial charge in [-0.3, -0.25) is 0 Å². The lowest BCUT2D eigenvalue weighted by Crippen LogP contribution is -2.42. The van der Waals surface area contributed by atoms with Crippen molar-refractivity contribution < 1.29 is 20.1 Å². The molecule has 0 aromatic heterocycles. The highest BCUT2D eigenvalue weighted by Crippen LogP contribution is 2.55. The molecule has 4 heteroatoms. The number of aliphatic hydroxyl groups is 3. The van der Waals surface area contributed by atoms with Gasteiger partial charge in [0.15, 0.2) is 5.79 Å². The first-order chi connectivity index (χ1) is 14.5. The summed E-state index contributed by atoms with van der Waals surface area (Å²) in [6, 6.07) is 0. The number of aliphatic hydroxyl groups excluding tert-OH is 1. The Balaban J connectivity index is 1.74. The molecule has 0 radical (unpaired) electrons. The minimum Gasteiger partial charge on any atom is -0.388 e. The Labute approximate surface area is 187 Å². The van der Waals surface area contributed by atoms with Gasteiger partial charge in [0.1, 0.15) is 0 Å². The van der Waals surface area contributed by atoms with Gasteiger partial charge in [0.25, 0.3) is 0 Å². The average molecular weight is 429 g/mol. The third-order valence-corrected chi connectivity index (χ3v) is 7.36. The third kappa shape index (κ3) is 5.48. The molecule has 0 spiro atoms. The average Bonchev–Trinajstić information content (AvgIpc) is 3.03. The molecular formula is C27H40O4. The van der Waals surface area contributed by atoms with Crippen LogP contribution < -0.4 is 0 Å². The van der Waals surface area contributed by atoms with Crippen LogP contribution in [0.15, 0.2) is 59.3 Å². The summed E-state index contributed by atoms with van der Waals surface area (Å²) in [5.74, 6) is -0.891.